The number of likely N-dealkylation sites (tertiary alicyclic amines) is 1. The number of carbonyl (C=O) groups excluding carboxylic acids is 1. The van der Waals surface area contributed by atoms with Crippen molar-refractivity contribution in [1.82, 2.24) is 15.2 Å². The molecule has 1 unspecified atom stereocenters. The Morgan fingerprint density at radius 3 is 2.76 bits per heavy atom. The van der Waals surface area contributed by atoms with Gasteiger partial charge in [0.05, 0.1) is 0 Å². The summed E-state index contributed by atoms with van der Waals surface area (Å²) in [5.74, 6) is 0.578. The van der Waals surface area contributed by atoms with Crippen molar-refractivity contribution < 1.29 is 4.79 Å². The Labute approximate surface area is 169 Å². The number of piperidine rings is 1. The highest BCUT2D eigenvalue weighted by Gasteiger charge is 2.25. The zero-order chi connectivity index (χ0) is 16.2. The Morgan fingerprint density at radius 2 is 2.08 bits per heavy atom. The molecule has 0 aliphatic carbocycles. The summed E-state index contributed by atoms with van der Waals surface area (Å²) in [4.78, 5) is 19.1. The number of hydrogen-bond donors (Lipinski definition) is 1. The lowest BCUT2D eigenvalue weighted by Crippen LogP contribution is -2.42. The van der Waals surface area contributed by atoms with E-state index >= 15 is 0 Å². The van der Waals surface area contributed by atoms with Gasteiger partial charge in [0.2, 0.25) is 0 Å². The second kappa shape index (κ2) is 10.3. The first-order valence-electron chi connectivity index (χ1n) is 7.82. The van der Waals surface area contributed by atoms with Crippen LogP contribution in [0.4, 0.5) is 0 Å². The van der Waals surface area contributed by atoms with Gasteiger partial charge >= 0.3 is 0 Å². The van der Waals surface area contributed by atoms with Gasteiger partial charge in [-0.2, -0.15) is 0 Å². The molecule has 1 atom stereocenters. The zero-order valence-electron chi connectivity index (χ0n) is 13.9. The third-order valence-corrected chi connectivity index (χ3v) is 5.26. The Balaban J connectivity index is 0.00000156. The number of halogens is 3. The maximum absolute atomic E-state index is 12.7. The number of nitrogens with one attached hydrogen (secondary N) is 1. The van der Waals surface area contributed by atoms with Gasteiger partial charge < -0.3 is 10.2 Å². The van der Waals surface area contributed by atoms with Crippen LogP contribution in [-0.2, 0) is 0 Å². The van der Waals surface area contributed by atoms with E-state index in [1.807, 2.05) is 41.6 Å². The van der Waals surface area contributed by atoms with E-state index in [9.17, 15) is 4.79 Å². The number of aromatic nitrogens is 1. The highest BCUT2D eigenvalue weighted by molar-refractivity contribution is 7.13. The molecule has 138 valence electrons. The number of nitrogens with zero attached hydrogens (tertiary/aromatic N) is 2. The number of hydrogen-bond acceptors (Lipinski definition) is 4. The number of carbonyl (C=O) groups is 1. The van der Waals surface area contributed by atoms with E-state index in [1.54, 1.807) is 0 Å². The van der Waals surface area contributed by atoms with Crippen LogP contribution >= 0.6 is 47.8 Å². The Morgan fingerprint density at radius 1 is 1.36 bits per heavy atom. The van der Waals surface area contributed by atoms with Crippen LogP contribution in [0, 0.1) is 5.92 Å². The predicted molar refractivity (Wildman–Crippen MR) is 110 cm³/mol. The largest absolute Gasteiger partial charge is 0.337 e. The van der Waals surface area contributed by atoms with Gasteiger partial charge in [-0.1, -0.05) is 23.7 Å². The Bertz CT molecular complexity index is 676. The first kappa shape index (κ1) is 22.2. The highest BCUT2D eigenvalue weighted by atomic mass is 35.5. The fourth-order valence-electron chi connectivity index (χ4n) is 2.96. The van der Waals surface area contributed by atoms with Crippen LogP contribution in [0.1, 0.15) is 23.3 Å². The highest BCUT2D eigenvalue weighted by Crippen LogP contribution is 2.26. The molecular formula is C17H22Cl3N3OS. The van der Waals surface area contributed by atoms with Crippen molar-refractivity contribution in [2.45, 2.75) is 12.8 Å². The number of rotatable bonds is 4. The van der Waals surface area contributed by atoms with Crippen molar-refractivity contribution in [3.05, 3.63) is 40.4 Å². The molecule has 25 heavy (non-hydrogen) atoms. The molecule has 3 rings (SSSR count). The summed E-state index contributed by atoms with van der Waals surface area (Å²) >= 11 is 7.41. The van der Waals surface area contributed by atoms with Crippen LogP contribution < -0.4 is 5.32 Å². The molecule has 1 aromatic carbocycles. The molecule has 4 nitrogen and oxygen atoms in total. The first-order chi connectivity index (χ1) is 11.2. The summed E-state index contributed by atoms with van der Waals surface area (Å²) in [6, 6.07) is 7.54. The minimum absolute atomic E-state index is 0. The molecule has 0 bridgehead atoms. The molecule has 0 spiro atoms. The fraction of sp³-hybridized carbons (Fsp3) is 0.412. The Hall–Kier alpha value is -0.850. The summed E-state index contributed by atoms with van der Waals surface area (Å²) in [7, 11) is 1.96. The molecule has 0 radical (unpaired) electrons. The van der Waals surface area contributed by atoms with Gasteiger partial charge in [-0.05, 0) is 44.5 Å². The third kappa shape index (κ3) is 5.56. The van der Waals surface area contributed by atoms with Crippen LogP contribution in [0.2, 0.25) is 5.02 Å². The summed E-state index contributed by atoms with van der Waals surface area (Å²) in [6.07, 6.45) is 2.24. The molecule has 2 aromatic rings. The van der Waals surface area contributed by atoms with Crippen LogP contribution in [0.15, 0.2) is 29.6 Å². The van der Waals surface area contributed by atoms with Gasteiger partial charge in [-0.3, -0.25) is 4.79 Å². The minimum Gasteiger partial charge on any atom is -0.337 e. The molecule has 8 heteroatoms. The lowest BCUT2D eigenvalue weighted by molar-refractivity contribution is 0.0669. The second-order valence-electron chi connectivity index (χ2n) is 5.86. The molecule has 1 amide bonds. The van der Waals surface area contributed by atoms with Crippen molar-refractivity contribution in [3.8, 4) is 10.6 Å². The molecule has 1 aromatic heterocycles. The first-order valence-corrected chi connectivity index (χ1v) is 9.08. The third-order valence-electron chi connectivity index (χ3n) is 4.11. The van der Waals surface area contributed by atoms with Crippen molar-refractivity contribution in [3.63, 3.8) is 0 Å². The van der Waals surface area contributed by atoms with E-state index in [4.69, 9.17) is 11.6 Å². The van der Waals surface area contributed by atoms with Gasteiger partial charge in [0.25, 0.3) is 5.91 Å². The minimum atomic E-state index is 0. The molecule has 1 aliphatic rings. The van der Waals surface area contributed by atoms with E-state index in [1.165, 1.54) is 17.8 Å². The monoisotopic (exact) mass is 421 g/mol. The molecule has 1 N–H and O–H groups in total. The molecule has 1 aliphatic heterocycles. The normalized spacial score (nSPS) is 16.7. The standard InChI is InChI=1S/C17H20ClN3OS.2ClH/c1-19-9-12-3-2-8-21(10-12)17(22)15-11-23-16(20-15)13-4-6-14(18)7-5-13;;/h4-7,11-12,19H,2-3,8-10H2,1H3;2*1H. The summed E-state index contributed by atoms with van der Waals surface area (Å²) < 4.78 is 0. The summed E-state index contributed by atoms with van der Waals surface area (Å²) in [6.45, 7) is 2.59. The molecular weight excluding hydrogens is 401 g/mol. The predicted octanol–water partition coefficient (Wildman–Crippen LogP) is 4.38. The van der Waals surface area contributed by atoms with Gasteiger partial charge in [0, 0.05) is 29.1 Å². The summed E-state index contributed by atoms with van der Waals surface area (Å²) in [5.41, 5.74) is 1.54. The van der Waals surface area contributed by atoms with E-state index in [2.05, 4.69) is 10.3 Å². The van der Waals surface area contributed by atoms with E-state index in [0.29, 0.717) is 16.6 Å². The van der Waals surface area contributed by atoms with Crippen molar-refractivity contribution in [2.24, 2.45) is 5.92 Å². The molecule has 1 fully saturated rings. The van der Waals surface area contributed by atoms with Crippen molar-refractivity contribution in [2.75, 3.05) is 26.7 Å². The van der Waals surface area contributed by atoms with Gasteiger partial charge in [-0.15, -0.1) is 36.2 Å². The van der Waals surface area contributed by atoms with Gasteiger partial charge in [0.1, 0.15) is 10.7 Å². The Kier molecular flexibility index (Phi) is 9.17. The van der Waals surface area contributed by atoms with E-state index in [-0.39, 0.29) is 30.7 Å². The summed E-state index contributed by atoms with van der Waals surface area (Å²) in [5, 5.41) is 6.61. The number of amides is 1. The maximum atomic E-state index is 12.7. The molecule has 2 heterocycles. The van der Waals surface area contributed by atoms with Crippen LogP contribution in [-0.4, -0.2) is 42.5 Å². The van der Waals surface area contributed by atoms with Crippen LogP contribution in [0.5, 0.6) is 0 Å². The van der Waals surface area contributed by atoms with Crippen molar-refractivity contribution >= 4 is 53.7 Å². The SMILES string of the molecule is CNCC1CCCN(C(=O)c2csc(-c3ccc(Cl)cc3)n2)C1.Cl.Cl. The smallest absolute Gasteiger partial charge is 0.273 e. The quantitative estimate of drug-likeness (QED) is 0.795. The van der Waals surface area contributed by atoms with E-state index in [0.717, 1.165) is 36.6 Å². The molecule has 1 saturated heterocycles. The topological polar surface area (TPSA) is 45.2 Å². The van der Waals surface area contributed by atoms with Crippen molar-refractivity contribution in [1.29, 1.82) is 0 Å². The molecule has 0 saturated carbocycles. The lowest BCUT2D eigenvalue weighted by atomic mass is 9.98. The number of thiazole rings is 1. The average molecular weight is 423 g/mol. The van der Waals surface area contributed by atoms with Crippen LogP contribution in [0.3, 0.4) is 0 Å². The average Bonchev–Trinajstić information content (AvgIpc) is 3.05. The van der Waals surface area contributed by atoms with Gasteiger partial charge in [-0.25, -0.2) is 4.98 Å². The van der Waals surface area contributed by atoms with Gasteiger partial charge in [0.15, 0.2) is 0 Å². The van der Waals surface area contributed by atoms with Crippen LogP contribution in [0.25, 0.3) is 10.6 Å². The fourth-order valence-corrected chi connectivity index (χ4v) is 3.89. The number of benzene rings is 1. The second-order valence-corrected chi connectivity index (χ2v) is 7.16. The zero-order valence-corrected chi connectivity index (χ0v) is 17.1. The lowest BCUT2D eigenvalue weighted by Gasteiger charge is -2.32. The maximum Gasteiger partial charge on any atom is 0.273 e. The van der Waals surface area contributed by atoms with E-state index < -0.39 is 0 Å².